The lowest BCUT2D eigenvalue weighted by molar-refractivity contribution is -0.133. The highest BCUT2D eigenvalue weighted by Crippen LogP contribution is 2.13. The van der Waals surface area contributed by atoms with Crippen molar-refractivity contribution in [2.75, 3.05) is 7.05 Å². The smallest absolute Gasteiger partial charge is 0.251 e. The van der Waals surface area contributed by atoms with E-state index in [0.717, 1.165) is 16.7 Å². The Morgan fingerprint density at radius 1 is 1.04 bits per heavy atom. The molecule has 1 atom stereocenters. The van der Waals surface area contributed by atoms with Crippen LogP contribution in [0.15, 0.2) is 48.5 Å². The lowest BCUT2D eigenvalue weighted by Crippen LogP contribution is -2.50. The van der Waals surface area contributed by atoms with E-state index in [1.54, 1.807) is 18.0 Å². The highest BCUT2D eigenvalue weighted by Gasteiger charge is 2.27. The summed E-state index contributed by atoms with van der Waals surface area (Å²) in [5.41, 5.74) is 3.85. The minimum atomic E-state index is -0.558. The van der Waals surface area contributed by atoms with Crippen molar-refractivity contribution in [3.05, 3.63) is 70.8 Å². The Bertz CT molecular complexity index is 783. The maximum Gasteiger partial charge on any atom is 0.251 e. The third-order valence-electron chi connectivity index (χ3n) is 4.54. The number of hydrogen-bond donors (Lipinski definition) is 1. The van der Waals surface area contributed by atoms with Gasteiger partial charge >= 0.3 is 0 Å². The number of nitrogens with one attached hydrogen (secondary N) is 1. The largest absolute Gasteiger partial charge is 0.340 e. The zero-order valence-corrected chi connectivity index (χ0v) is 16.2. The van der Waals surface area contributed by atoms with Gasteiger partial charge < -0.3 is 10.2 Å². The standard InChI is InChI=1S/C22H28N2O2/c1-15(2)20(23-21(25)18-12-8-9-16(3)13-18)22(26)24(5)14-19-11-7-6-10-17(19)4/h6-13,15,20H,14H2,1-5H3,(H,23,25). The van der Waals surface area contributed by atoms with Crippen LogP contribution >= 0.6 is 0 Å². The van der Waals surface area contributed by atoms with E-state index in [9.17, 15) is 9.59 Å². The van der Waals surface area contributed by atoms with Crippen molar-refractivity contribution in [2.24, 2.45) is 5.92 Å². The van der Waals surface area contributed by atoms with E-state index in [4.69, 9.17) is 0 Å². The predicted molar refractivity (Wildman–Crippen MR) is 105 cm³/mol. The van der Waals surface area contributed by atoms with Crippen LogP contribution < -0.4 is 5.32 Å². The summed E-state index contributed by atoms with van der Waals surface area (Å²) in [5, 5.41) is 2.91. The summed E-state index contributed by atoms with van der Waals surface area (Å²) in [6, 6.07) is 14.8. The molecule has 0 aliphatic carbocycles. The van der Waals surface area contributed by atoms with Crippen molar-refractivity contribution in [3.63, 3.8) is 0 Å². The first-order valence-corrected chi connectivity index (χ1v) is 8.96. The molecule has 0 bridgehead atoms. The van der Waals surface area contributed by atoms with Crippen LogP contribution in [-0.2, 0) is 11.3 Å². The summed E-state index contributed by atoms with van der Waals surface area (Å²) in [7, 11) is 1.78. The summed E-state index contributed by atoms with van der Waals surface area (Å²) in [6.45, 7) is 8.39. The van der Waals surface area contributed by atoms with Crippen LogP contribution in [0.3, 0.4) is 0 Å². The SMILES string of the molecule is Cc1cccc(C(=O)NC(C(=O)N(C)Cc2ccccc2C)C(C)C)c1. The van der Waals surface area contributed by atoms with Gasteiger partial charge in [0.2, 0.25) is 5.91 Å². The molecule has 2 rings (SSSR count). The van der Waals surface area contributed by atoms with E-state index >= 15 is 0 Å². The topological polar surface area (TPSA) is 49.4 Å². The minimum Gasteiger partial charge on any atom is -0.340 e. The first-order valence-electron chi connectivity index (χ1n) is 8.96. The molecule has 2 aromatic rings. The van der Waals surface area contributed by atoms with Gasteiger partial charge in [0.15, 0.2) is 0 Å². The molecule has 0 saturated heterocycles. The normalized spacial score (nSPS) is 11.9. The molecule has 0 heterocycles. The number of amides is 2. The molecule has 0 radical (unpaired) electrons. The van der Waals surface area contributed by atoms with Gasteiger partial charge in [-0.05, 0) is 43.0 Å². The van der Waals surface area contributed by atoms with E-state index in [0.29, 0.717) is 12.1 Å². The van der Waals surface area contributed by atoms with Crippen LogP contribution in [0.4, 0.5) is 0 Å². The Kier molecular flexibility index (Phi) is 6.56. The molecule has 1 N–H and O–H groups in total. The first-order chi connectivity index (χ1) is 12.3. The van der Waals surface area contributed by atoms with Crippen molar-refractivity contribution in [2.45, 2.75) is 40.3 Å². The molecule has 0 aromatic heterocycles. The monoisotopic (exact) mass is 352 g/mol. The van der Waals surface area contributed by atoms with E-state index in [1.165, 1.54) is 0 Å². The molecule has 0 aliphatic heterocycles. The van der Waals surface area contributed by atoms with Crippen LogP contribution in [0, 0.1) is 19.8 Å². The molecule has 0 saturated carbocycles. The summed E-state index contributed by atoms with van der Waals surface area (Å²) < 4.78 is 0. The maximum atomic E-state index is 12.9. The zero-order chi connectivity index (χ0) is 19.3. The van der Waals surface area contributed by atoms with Crippen LogP contribution in [0.2, 0.25) is 0 Å². The average Bonchev–Trinajstić information content (AvgIpc) is 2.60. The van der Waals surface area contributed by atoms with Gasteiger partial charge in [-0.25, -0.2) is 0 Å². The Morgan fingerprint density at radius 2 is 1.73 bits per heavy atom. The highest BCUT2D eigenvalue weighted by molar-refractivity contribution is 5.97. The molecule has 2 aromatic carbocycles. The summed E-state index contributed by atoms with van der Waals surface area (Å²) in [5.74, 6) is -0.301. The number of likely N-dealkylation sites (N-methyl/N-ethyl adjacent to an activating group) is 1. The summed E-state index contributed by atoms with van der Waals surface area (Å²) in [6.07, 6.45) is 0. The van der Waals surface area contributed by atoms with Crippen molar-refractivity contribution in [1.82, 2.24) is 10.2 Å². The molecule has 26 heavy (non-hydrogen) atoms. The summed E-state index contributed by atoms with van der Waals surface area (Å²) >= 11 is 0. The third kappa shape index (κ3) is 4.94. The highest BCUT2D eigenvalue weighted by atomic mass is 16.2. The Hall–Kier alpha value is -2.62. The lowest BCUT2D eigenvalue weighted by atomic mass is 10.0. The molecule has 0 fully saturated rings. The number of hydrogen-bond acceptors (Lipinski definition) is 2. The van der Waals surface area contributed by atoms with E-state index < -0.39 is 6.04 Å². The van der Waals surface area contributed by atoms with Crippen LogP contribution in [-0.4, -0.2) is 29.8 Å². The van der Waals surface area contributed by atoms with Crippen molar-refractivity contribution >= 4 is 11.8 Å². The number of aryl methyl sites for hydroxylation is 2. The van der Waals surface area contributed by atoms with Gasteiger partial charge in [0.1, 0.15) is 6.04 Å². The molecule has 2 amide bonds. The first kappa shape index (κ1) is 19.7. The fourth-order valence-electron chi connectivity index (χ4n) is 2.88. The Morgan fingerprint density at radius 3 is 2.35 bits per heavy atom. The van der Waals surface area contributed by atoms with E-state index in [1.807, 2.05) is 70.2 Å². The molecular weight excluding hydrogens is 324 g/mol. The maximum absolute atomic E-state index is 12.9. The molecule has 4 nitrogen and oxygen atoms in total. The second-order valence-corrected chi connectivity index (χ2v) is 7.19. The van der Waals surface area contributed by atoms with Gasteiger partial charge in [0.25, 0.3) is 5.91 Å². The fraction of sp³-hybridized carbons (Fsp3) is 0.364. The van der Waals surface area contributed by atoms with E-state index in [2.05, 4.69) is 5.32 Å². The average molecular weight is 352 g/mol. The molecule has 0 spiro atoms. The second-order valence-electron chi connectivity index (χ2n) is 7.19. The molecule has 1 unspecified atom stereocenters. The van der Waals surface area contributed by atoms with Gasteiger partial charge in [-0.15, -0.1) is 0 Å². The van der Waals surface area contributed by atoms with Crippen LogP contribution in [0.25, 0.3) is 0 Å². The van der Waals surface area contributed by atoms with Gasteiger partial charge in [-0.1, -0.05) is 55.8 Å². The predicted octanol–water partition coefficient (Wildman–Crippen LogP) is 3.72. The van der Waals surface area contributed by atoms with Gasteiger partial charge in [-0.3, -0.25) is 9.59 Å². The molecule has 4 heteroatoms. The van der Waals surface area contributed by atoms with E-state index in [-0.39, 0.29) is 17.7 Å². The molecule has 0 aliphatic rings. The van der Waals surface area contributed by atoms with Gasteiger partial charge in [-0.2, -0.15) is 0 Å². The molecule has 138 valence electrons. The van der Waals surface area contributed by atoms with Crippen molar-refractivity contribution < 1.29 is 9.59 Å². The fourth-order valence-corrected chi connectivity index (χ4v) is 2.88. The Balaban J connectivity index is 2.11. The third-order valence-corrected chi connectivity index (χ3v) is 4.54. The number of carbonyl (C=O) groups excluding carboxylic acids is 2. The minimum absolute atomic E-state index is 0.00409. The van der Waals surface area contributed by atoms with Crippen LogP contribution in [0.1, 0.15) is 40.9 Å². The second kappa shape index (κ2) is 8.65. The van der Waals surface area contributed by atoms with Gasteiger partial charge in [0.05, 0.1) is 0 Å². The lowest BCUT2D eigenvalue weighted by Gasteiger charge is -2.27. The number of carbonyl (C=O) groups is 2. The molecular formula is C22H28N2O2. The number of rotatable bonds is 6. The van der Waals surface area contributed by atoms with Crippen molar-refractivity contribution in [3.8, 4) is 0 Å². The summed E-state index contributed by atoms with van der Waals surface area (Å²) in [4.78, 5) is 27.2. The Labute approximate surface area is 156 Å². The quantitative estimate of drug-likeness (QED) is 0.861. The van der Waals surface area contributed by atoms with Crippen molar-refractivity contribution in [1.29, 1.82) is 0 Å². The van der Waals surface area contributed by atoms with Crippen LogP contribution in [0.5, 0.6) is 0 Å². The van der Waals surface area contributed by atoms with Gasteiger partial charge in [0, 0.05) is 19.2 Å². The number of nitrogens with zero attached hydrogens (tertiary/aromatic N) is 1. The zero-order valence-electron chi connectivity index (χ0n) is 16.2. The number of benzene rings is 2.